The summed E-state index contributed by atoms with van der Waals surface area (Å²) >= 11 is 0. The molecule has 0 radical (unpaired) electrons. The van der Waals surface area contributed by atoms with Crippen molar-refractivity contribution < 1.29 is 0 Å². The van der Waals surface area contributed by atoms with Crippen molar-refractivity contribution in [3.05, 3.63) is 17.0 Å². The quantitative estimate of drug-likeness (QED) is 0.817. The number of rotatable bonds is 7. The molecular weight excluding hydrogens is 234 g/mol. The van der Waals surface area contributed by atoms with Gasteiger partial charge in [0.1, 0.15) is 0 Å². The maximum Gasteiger partial charge on any atom is 0.0669 e. The molecule has 19 heavy (non-hydrogen) atoms. The van der Waals surface area contributed by atoms with Gasteiger partial charge in [0.25, 0.3) is 0 Å². The highest BCUT2D eigenvalue weighted by molar-refractivity contribution is 5.27. The second-order valence-electron chi connectivity index (χ2n) is 6.21. The van der Waals surface area contributed by atoms with Gasteiger partial charge in [0.15, 0.2) is 0 Å². The lowest BCUT2D eigenvalue weighted by Gasteiger charge is -2.25. The summed E-state index contributed by atoms with van der Waals surface area (Å²) in [6.45, 7) is 6.69. The largest absolute Gasteiger partial charge is 0.310 e. The van der Waals surface area contributed by atoms with Gasteiger partial charge in [-0.3, -0.25) is 4.68 Å². The molecule has 0 amide bonds. The van der Waals surface area contributed by atoms with Crippen LogP contribution in [-0.2, 0) is 25.9 Å². The minimum atomic E-state index is 0.782. The van der Waals surface area contributed by atoms with Crippen molar-refractivity contribution in [2.45, 2.75) is 77.9 Å². The van der Waals surface area contributed by atoms with E-state index in [0.29, 0.717) is 0 Å². The Labute approximate surface area is 116 Å². The number of aromatic nitrogens is 2. The van der Waals surface area contributed by atoms with Crippen LogP contribution in [0.2, 0.25) is 0 Å². The Balaban J connectivity index is 1.77. The van der Waals surface area contributed by atoms with Crippen LogP contribution < -0.4 is 5.32 Å². The van der Waals surface area contributed by atoms with Crippen molar-refractivity contribution >= 4 is 0 Å². The predicted molar refractivity (Wildman–Crippen MR) is 78.2 cm³/mol. The smallest absolute Gasteiger partial charge is 0.0669 e. The Morgan fingerprint density at radius 2 is 1.95 bits per heavy atom. The Morgan fingerprint density at radius 3 is 2.47 bits per heavy atom. The maximum absolute atomic E-state index is 4.90. The van der Waals surface area contributed by atoms with Crippen molar-refractivity contribution in [1.29, 1.82) is 0 Å². The van der Waals surface area contributed by atoms with Crippen molar-refractivity contribution in [2.24, 2.45) is 5.92 Å². The number of hydrogen-bond donors (Lipinski definition) is 1. The fourth-order valence-electron chi connectivity index (χ4n) is 3.08. The minimum absolute atomic E-state index is 0.782. The van der Waals surface area contributed by atoms with Gasteiger partial charge < -0.3 is 5.32 Å². The molecule has 0 spiro atoms. The standard InChI is InChI=1S/C16H27N3/c1-3-15-14(10-17-13-8-9-13)16(4-2)19(18-15)11-12-6-5-7-12/h12-13,17H,3-11H2,1-2H3. The van der Waals surface area contributed by atoms with E-state index >= 15 is 0 Å². The number of aryl methyl sites for hydroxylation is 1. The highest BCUT2D eigenvalue weighted by atomic mass is 15.3. The molecule has 0 atom stereocenters. The highest BCUT2D eigenvalue weighted by Gasteiger charge is 2.24. The first-order valence-corrected chi connectivity index (χ1v) is 8.12. The molecular formula is C16H27N3. The van der Waals surface area contributed by atoms with Crippen LogP contribution in [0.25, 0.3) is 0 Å². The Kier molecular flexibility index (Phi) is 3.92. The van der Waals surface area contributed by atoms with Gasteiger partial charge in [-0.15, -0.1) is 0 Å². The first-order valence-electron chi connectivity index (χ1n) is 8.12. The van der Waals surface area contributed by atoms with E-state index in [2.05, 4.69) is 23.8 Å². The van der Waals surface area contributed by atoms with Crippen molar-refractivity contribution in [2.75, 3.05) is 0 Å². The minimum Gasteiger partial charge on any atom is -0.310 e. The topological polar surface area (TPSA) is 29.9 Å². The Morgan fingerprint density at radius 1 is 1.16 bits per heavy atom. The molecule has 1 aromatic rings. The normalized spacial score (nSPS) is 19.7. The first kappa shape index (κ1) is 13.2. The maximum atomic E-state index is 4.90. The molecule has 2 aliphatic carbocycles. The zero-order valence-electron chi connectivity index (χ0n) is 12.4. The monoisotopic (exact) mass is 261 g/mol. The summed E-state index contributed by atoms with van der Waals surface area (Å²) in [7, 11) is 0. The van der Waals surface area contributed by atoms with Gasteiger partial charge in [-0.25, -0.2) is 0 Å². The Bertz CT molecular complexity index is 427. The Hall–Kier alpha value is -0.830. The average molecular weight is 261 g/mol. The molecule has 0 saturated heterocycles. The van der Waals surface area contributed by atoms with Crippen molar-refractivity contribution in [3.8, 4) is 0 Å². The second kappa shape index (κ2) is 5.66. The van der Waals surface area contributed by atoms with E-state index in [9.17, 15) is 0 Å². The SMILES string of the molecule is CCc1nn(CC2CCC2)c(CC)c1CNC1CC1. The third kappa shape index (κ3) is 2.86. The lowest BCUT2D eigenvalue weighted by Crippen LogP contribution is -2.21. The van der Waals surface area contributed by atoms with E-state index in [-0.39, 0.29) is 0 Å². The van der Waals surface area contributed by atoms with Gasteiger partial charge >= 0.3 is 0 Å². The predicted octanol–water partition coefficient (Wildman–Crippen LogP) is 3.06. The molecule has 1 heterocycles. The third-order valence-electron chi connectivity index (χ3n) is 4.72. The van der Waals surface area contributed by atoms with Crippen LogP contribution >= 0.6 is 0 Å². The molecule has 3 rings (SSSR count). The van der Waals surface area contributed by atoms with Crippen LogP contribution in [0.5, 0.6) is 0 Å². The molecule has 2 saturated carbocycles. The number of nitrogens with one attached hydrogen (secondary N) is 1. The zero-order chi connectivity index (χ0) is 13.2. The van der Waals surface area contributed by atoms with Crippen LogP contribution in [-0.4, -0.2) is 15.8 Å². The van der Waals surface area contributed by atoms with E-state index in [1.165, 1.54) is 49.1 Å². The zero-order valence-corrected chi connectivity index (χ0v) is 12.4. The molecule has 0 unspecified atom stereocenters. The molecule has 0 bridgehead atoms. The van der Waals surface area contributed by atoms with Crippen LogP contribution in [0.15, 0.2) is 0 Å². The number of hydrogen-bond acceptors (Lipinski definition) is 2. The molecule has 3 heteroatoms. The number of nitrogens with zero attached hydrogens (tertiary/aromatic N) is 2. The van der Waals surface area contributed by atoms with E-state index < -0.39 is 0 Å². The summed E-state index contributed by atoms with van der Waals surface area (Å²) in [5, 5.41) is 8.56. The van der Waals surface area contributed by atoms with Gasteiger partial charge in [0.2, 0.25) is 0 Å². The van der Waals surface area contributed by atoms with Crippen LogP contribution in [0.4, 0.5) is 0 Å². The summed E-state index contributed by atoms with van der Waals surface area (Å²) in [6.07, 6.45) is 9.12. The van der Waals surface area contributed by atoms with Crippen molar-refractivity contribution in [3.63, 3.8) is 0 Å². The van der Waals surface area contributed by atoms with Crippen LogP contribution in [0.1, 0.15) is 62.9 Å². The van der Waals surface area contributed by atoms with Gasteiger partial charge in [0, 0.05) is 30.4 Å². The molecule has 0 aromatic carbocycles. The van der Waals surface area contributed by atoms with Gasteiger partial charge in [-0.05, 0) is 44.4 Å². The summed E-state index contributed by atoms with van der Waals surface area (Å²) < 4.78 is 2.33. The summed E-state index contributed by atoms with van der Waals surface area (Å²) in [5.74, 6) is 0.888. The van der Waals surface area contributed by atoms with E-state index in [1.807, 2.05) is 0 Å². The molecule has 1 aromatic heterocycles. The molecule has 3 nitrogen and oxygen atoms in total. The molecule has 2 fully saturated rings. The fourth-order valence-corrected chi connectivity index (χ4v) is 3.08. The van der Waals surface area contributed by atoms with Gasteiger partial charge in [0.05, 0.1) is 5.69 Å². The first-order chi connectivity index (χ1) is 9.31. The van der Waals surface area contributed by atoms with Crippen LogP contribution in [0.3, 0.4) is 0 Å². The summed E-state index contributed by atoms with van der Waals surface area (Å²) in [4.78, 5) is 0. The van der Waals surface area contributed by atoms with Gasteiger partial charge in [-0.1, -0.05) is 20.3 Å². The summed E-state index contributed by atoms with van der Waals surface area (Å²) in [6, 6.07) is 0.782. The second-order valence-corrected chi connectivity index (χ2v) is 6.21. The van der Waals surface area contributed by atoms with Crippen molar-refractivity contribution in [1.82, 2.24) is 15.1 Å². The molecule has 1 N–H and O–H groups in total. The van der Waals surface area contributed by atoms with E-state index in [1.54, 1.807) is 0 Å². The highest BCUT2D eigenvalue weighted by Crippen LogP contribution is 2.29. The molecule has 2 aliphatic rings. The van der Waals surface area contributed by atoms with E-state index in [0.717, 1.165) is 37.9 Å². The lowest BCUT2D eigenvalue weighted by molar-refractivity contribution is 0.263. The lowest BCUT2D eigenvalue weighted by atomic mass is 9.85. The summed E-state index contributed by atoms with van der Waals surface area (Å²) in [5.41, 5.74) is 4.30. The average Bonchev–Trinajstić information content (AvgIpc) is 3.13. The fraction of sp³-hybridized carbons (Fsp3) is 0.812. The van der Waals surface area contributed by atoms with Crippen LogP contribution in [0, 0.1) is 5.92 Å². The third-order valence-corrected chi connectivity index (χ3v) is 4.72. The molecule has 106 valence electrons. The van der Waals surface area contributed by atoms with Gasteiger partial charge in [-0.2, -0.15) is 5.10 Å². The van der Waals surface area contributed by atoms with E-state index in [4.69, 9.17) is 5.10 Å². The molecule has 0 aliphatic heterocycles.